The van der Waals surface area contributed by atoms with Crippen LogP contribution in [0.4, 0.5) is 11.4 Å². The summed E-state index contributed by atoms with van der Waals surface area (Å²) in [5.74, 6) is 0.665. The van der Waals surface area contributed by atoms with Gasteiger partial charge in [-0.25, -0.2) is 0 Å². The molecule has 2 rings (SSSR count). The van der Waals surface area contributed by atoms with E-state index in [1.165, 1.54) is 17.4 Å². The van der Waals surface area contributed by atoms with Crippen LogP contribution in [-0.4, -0.2) is 13.0 Å². The van der Waals surface area contributed by atoms with Gasteiger partial charge in [0.2, 0.25) is 5.91 Å². The van der Waals surface area contributed by atoms with Crippen molar-refractivity contribution in [3.8, 4) is 5.75 Å². The van der Waals surface area contributed by atoms with Crippen molar-refractivity contribution >= 4 is 28.6 Å². The molecule has 0 bridgehead atoms. The Kier molecular flexibility index (Phi) is 4.85. The Morgan fingerprint density at radius 3 is 2.67 bits per heavy atom. The standard InChI is InChI=1S/C16H20N2O2S/c1-10-7-8-21-16(10)11(2)17-14-9-13(18-12(3)19)5-6-15(14)20-4/h5-9,11,17H,1-4H3,(H,18,19). The van der Waals surface area contributed by atoms with Gasteiger partial charge in [0.25, 0.3) is 0 Å². The minimum absolute atomic E-state index is 0.0896. The summed E-state index contributed by atoms with van der Waals surface area (Å²) in [7, 11) is 1.64. The Labute approximate surface area is 129 Å². The zero-order chi connectivity index (χ0) is 15.4. The number of carbonyl (C=O) groups excluding carboxylic acids is 1. The largest absolute Gasteiger partial charge is 0.495 e. The monoisotopic (exact) mass is 304 g/mol. The lowest BCUT2D eigenvalue weighted by atomic mass is 10.1. The smallest absolute Gasteiger partial charge is 0.221 e. The molecule has 0 spiro atoms. The van der Waals surface area contributed by atoms with Crippen molar-refractivity contribution in [3.63, 3.8) is 0 Å². The molecule has 5 heteroatoms. The molecule has 0 aliphatic carbocycles. The van der Waals surface area contributed by atoms with Crippen LogP contribution < -0.4 is 15.4 Å². The molecule has 2 N–H and O–H groups in total. The summed E-state index contributed by atoms with van der Waals surface area (Å²) >= 11 is 1.73. The highest BCUT2D eigenvalue weighted by atomic mass is 32.1. The molecular formula is C16H20N2O2S. The Hall–Kier alpha value is -2.01. The molecule has 112 valence electrons. The fourth-order valence-corrected chi connectivity index (χ4v) is 3.16. The van der Waals surface area contributed by atoms with E-state index in [2.05, 4.69) is 35.9 Å². The lowest BCUT2D eigenvalue weighted by Gasteiger charge is -2.18. The van der Waals surface area contributed by atoms with Gasteiger partial charge >= 0.3 is 0 Å². The first-order chi connectivity index (χ1) is 10.0. The van der Waals surface area contributed by atoms with Gasteiger partial charge in [-0.1, -0.05) is 0 Å². The summed E-state index contributed by atoms with van der Waals surface area (Å²) in [5.41, 5.74) is 2.89. The maximum Gasteiger partial charge on any atom is 0.221 e. The molecule has 0 radical (unpaired) electrons. The predicted molar refractivity (Wildman–Crippen MR) is 88.4 cm³/mol. The Morgan fingerprint density at radius 1 is 1.33 bits per heavy atom. The van der Waals surface area contributed by atoms with Crippen LogP contribution in [0, 0.1) is 6.92 Å². The molecule has 4 nitrogen and oxygen atoms in total. The lowest BCUT2D eigenvalue weighted by Crippen LogP contribution is -2.09. The van der Waals surface area contributed by atoms with E-state index in [9.17, 15) is 4.79 Å². The highest BCUT2D eigenvalue weighted by Gasteiger charge is 2.13. The maximum atomic E-state index is 11.2. The number of thiophene rings is 1. The first kappa shape index (κ1) is 15.4. The van der Waals surface area contributed by atoms with Crippen molar-refractivity contribution in [2.75, 3.05) is 17.7 Å². The molecule has 1 aromatic carbocycles. The molecule has 21 heavy (non-hydrogen) atoms. The average Bonchev–Trinajstić information content (AvgIpc) is 2.84. The third-order valence-electron chi connectivity index (χ3n) is 3.19. The number of ether oxygens (including phenoxy) is 1. The summed E-state index contributed by atoms with van der Waals surface area (Å²) < 4.78 is 5.38. The van der Waals surface area contributed by atoms with Crippen LogP contribution in [-0.2, 0) is 4.79 Å². The van der Waals surface area contributed by atoms with Gasteiger partial charge in [0.1, 0.15) is 5.75 Å². The van der Waals surface area contributed by atoms with Gasteiger partial charge in [-0.3, -0.25) is 4.79 Å². The van der Waals surface area contributed by atoms with E-state index in [4.69, 9.17) is 4.74 Å². The lowest BCUT2D eigenvalue weighted by molar-refractivity contribution is -0.114. The van der Waals surface area contributed by atoms with E-state index in [-0.39, 0.29) is 11.9 Å². The van der Waals surface area contributed by atoms with Gasteiger partial charge in [0, 0.05) is 17.5 Å². The summed E-state index contributed by atoms with van der Waals surface area (Å²) in [5, 5.41) is 8.33. The van der Waals surface area contributed by atoms with E-state index < -0.39 is 0 Å². The highest BCUT2D eigenvalue weighted by molar-refractivity contribution is 7.10. The summed E-state index contributed by atoms with van der Waals surface area (Å²) in [4.78, 5) is 12.5. The van der Waals surface area contributed by atoms with Crippen molar-refractivity contribution in [3.05, 3.63) is 40.1 Å². The van der Waals surface area contributed by atoms with Gasteiger partial charge in [0.05, 0.1) is 18.8 Å². The molecule has 1 atom stereocenters. The molecule has 0 saturated heterocycles. The molecule has 0 fully saturated rings. The number of rotatable bonds is 5. The molecule has 1 unspecified atom stereocenters. The van der Waals surface area contributed by atoms with Crippen LogP contribution in [0.1, 0.15) is 30.3 Å². The number of hydrogen-bond acceptors (Lipinski definition) is 4. The number of nitrogens with one attached hydrogen (secondary N) is 2. The number of hydrogen-bond donors (Lipinski definition) is 2. The second-order valence-electron chi connectivity index (χ2n) is 4.93. The summed E-state index contributed by atoms with van der Waals surface area (Å²) in [6.45, 7) is 5.72. The summed E-state index contributed by atoms with van der Waals surface area (Å²) in [6.07, 6.45) is 0. The number of carbonyl (C=O) groups is 1. The van der Waals surface area contributed by atoms with Gasteiger partial charge in [-0.05, 0) is 49.1 Å². The van der Waals surface area contributed by atoms with Crippen LogP contribution in [0.15, 0.2) is 29.6 Å². The van der Waals surface area contributed by atoms with E-state index in [1.54, 1.807) is 18.4 Å². The SMILES string of the molecule is COc1ccc(NC(C)=O)cc1NC(C)c1sccc1C. The first-order valence-corrected chi connectivity index (χ1v) is 7.65. The Balaban J connectivity index is 2.24. The van der Waals surface area contributed by atoms with Crippen LogP contribution >= 0.6 is 11.3 Å². The third-order valence-corrected chi connectivity index (χ3v) is 4.39. The quantitative estimate of drug-likeness (QED) is 0.870. The molecule has 1 heterocycles. The van der Waals surface area contributed by atoms with Gasteiger partial charge < -0.3 is 15.4 Å². The van der Waals surface area contributed by atoms with Gasteiger partial charge in [-0.2, -0.15) is 0 Å². The van der Waals surface area contributed by atoms with Crippen LogP contribution in [0.2, 0.25) is 0 Å². The van der Waals surface area contributed by atoms with Crippen LogP contribution in [0.3, 0.4) is 0 Å². The Bertz CT molecular complexity index is 637. The molecule has 2 aromatic rings. The molecule has 0 aliphatic rings. The average molecular weight is 304 g/mol. The number of anilines is 2. The molecular weight excluding hydrogens is 284 g/mol. The van der Waals surface area contributed by atoms with E-state index in [1.807, 2.05) is 18.2 Å². The van der Waals surface area contributed by atoms with Crippen molar-refractivity contribution < 1.29 is 9.53 Å². The minimum atomic E-state index is -0.0896. The predicted octanol–water partition coefficient (Wildman–Crippen LogP) is 4.20. The zero-order valence-electron chi connectivity index (χ0n) is 12.7. The van der Waals surface area contributed by atoms with Gasteiger partial charge in [-0.15, -0.1) is 11.3 Å². The van der Waals surface area contributed by atoms with Crippen molar-refractivity contribution in [1.29, 1.82) is 0 Å². The highest BCUT2D eigenvalue weighted by Crippen LogP contribution is 2.33. The van der Waals surface area contributed by atoms with E-state index >= 15 is 0 Å². The fraction of sp³-hybridized carbons (Fsp3) is 0.312. The second kappa shape index (κ2) is 6.63. The number of aryl methyl sites for hydroxylation is 1. The normalized spacial score (nSPS) is 11.8. The van der Waals surface area contributed by atoms with Crippen molar-refractivity contribution in [1.82, 2.24) is 0 Å². The van der Waals surface area contributed by atoms with E-state index in [0.717, 1.165) is 17.1 Å². The molecule has 1 amide bonds. The van der Waals surface area contributed by atoms with E-state index in [0.29, 0.717) is 0 Å². The number of methoxy groups -OCH3 is 1. The topological polar surface area (TPSA) is 50.4 Å². The van der Waals surface area contributed by atoms with Gasteiger partial charge in [0.15, 0.2) is 0 Å². The molecule has 0 aliphatic heterocycles. The fourth-order valence-electron chi connectivity index (χ4n) is 2.23. The van der Waals surface area contributed by atoms with Crippen molar-refractivity contribution in [2.24, 2.45) is 0 Å². The van der Waals surface area contributed by atoms with Crippen LogP contribution in [0.5, 0.6) is 5.75 Å². The zero-order valence-corrected chi connectivity index (χ0v) is 13.5. The molecule has 0 saturated carbocycles. The maximum absolute atomic E-state index is 11.2. The van der Waals surface area contributed by atoms with Crippen LogP contribution in [0.25, 0.3) is 0 Å². The number of benzene rings is 1. The summed E-state index contributed by atoms with van der Waals surface area (Å²) in [6, 6.07) is 7.85. The molecule has 1 aromatic heterocycles. The third kappa shape index (κ3) is 3.76. The first-order valence-electron chi connectivity index (χ1n) is 6.77. The number of amides is 1. The van der Waals surface area contributed by atoms with Crippen molar-refractivity contribution in [2.45, 2.75) is 26.8 Å². The second-order valence-corrected chi connectivity index (χ2v) is 5.88. The minimum Gasteiger partial charge on any atom is -0.495 e. The Morgan fingerprint density at radius 2 is 2.10 bits per heavy atom.